The molecule has 0 aliphatic heterocycles. The van der Waals surface area contributed by atoms with Crippen molar-refractivity contribution in [1.29, 1.82) is 0 Å². The third kappa shape index (κ3) is 3.99. The Bertz CT molecular complexity index is 496. The lowest BCUT2D eigenvalue weighted by molar-refractivity contribution is 0.0559. The highest BCUT2D eigenvalue weighted by Crippen LogP contribution is 2.33. The van der Waals surface area contributed by atoms with Gasteiger partial charge < -0.3 is 15.3 Å². The molecule has 0 spiro atoms. The zero-order chi connectivity index (χ0) is 14.9. The fourth-order valence-corrected chi connectivity index (χ4v) is 3.74. The van der Waals surface area contributed by atoms with Crippen LogP contribution < -0.4 is 10.2 Å². The van der Waals surface area contributed by atoms with E-state index in [1.54, 1.807) is 0 Å². The van der Waals surface area contributed by atoms with Crippen LogP contribution in [-0.4, -0.2) is 30.3 Å². The summed E-state index contributed by atoms with van der Waals surface area (Å²) >= 11 is 3.57. The van der Waals surface area contributed by atoms with E-state index >= 15 is 0 Å². The molecule has 2 aliphatic carbocycles. The Balaban J connectivity index is 1.72. The molecule has 3 rings (SSSR count). The molecule has 0 bridgehead atoms. The molecule has 0 radical (unpaired) electrons. The number of aliphatic hydroxyl groups is 1. The number of halogens is 1. The van der Waals surface area contributed by atoms with Gasteiger partial charge in [0.05, 0.1) is 5.60 Å². The van der Waals surface area contributed by atoms with Crippen molar-refractivity contribution in [3.63, 3.8) is 0 Å². The van der Waals surface area contributed by atoms with Crippen molar-refractivity contribution in [3.8, 4) is 0 Å². The number of benzene rings is 1. The van der Waals surface area contributed by atoms with Gasteiger partial charge in [0.1, 0.15) is 0 Å². The Morgan fingerprint density at radius 3 is 2.71 bits per heavy atom. The monoisotopic (exact) mass is 352 g/mol. The minimum atomic E-state index is -0.497. The van der Waals surface area contributed by atoms with E-state index in [0.29, 0.717) is 6.04 Å². The Morgan fingerprint density at radius 1 is 1.33 bits per heavy atom. The molecule has 0 unspecified atom stereocenters. The van der Waals surface area contributed by atoms with Crippen LogP contribution in [0.4, 0.5) is 5.69 Å². The molecule has 0 atom stereocenters. The van der Waals surface area contributed by atoms with Gasteiger partial charge in [-0.1, -0.05) is 28.8 Å². The minimum Gasteiger partial charge on any atom is -0.388 e. The SMILES string of the molecule is CN(CC1(O)CCCC1)c1ccc(Br)cc1CNC1CC1. The van der Waals surface area contributed by atoms with E-state index in [1.165, 1.54) is 24.1 Å². The summed E-state index contributed by atoms with van der Waals surface area (Å²) in [7, 11) is 2.10. The summed E-state index contributed by atoms with van der Waals surface area (Å²) < 4.78 is 1.12. The number of anilines is 1. The van der Waals surface area contributed by atoms with Crippen molar-refractivity contribution < 1.29 is 5.11 Å². The summed E-state index contributed by atoms with van der Waals surface area (Å²) in [5.41, 5.74) is 2.04. The lowest BCUT2D eigenvalue weighted by Crippen LogP contribution is -2.39. The van der Waals surface area contributed by atoms with Crippen LogP contribution in [0.1, 0.15) is 44.1 Å². The highest BCUT2D eigenvalue weighted by molar-refractivity contribution is 9.10. The third-order valence-corrected chi connectivity index (χ3v) is 5.17. The molecular weight excluding hydrogens is 328 g/mol. The van der Waals surface area contributed by atoms with Crippen molar-refractivity contribution in [1.82, 2.24) is 5.32 Å². The third-order valence-electron chi connectivity index (χ3n) is 4.68. The molecule has 0 heterocycles. The van der Waals surface area contributed by atoms with Crippen molar-refractivity contribution in [2.75, 3.05) is 18.5 Å². The smallest absolute Gasteiger partial charge is 0.0821 e. The van der Waals surface area contributed by atoms with Gasteiger partial charge in [0.15, 0.2) is 0 Å². The maximum Gasteiger partial charge on any atom is 0.0821 e. The Kier molecular flexibility index (Phi) is 4.57. The van der Waals surface area contributed by atoms with Crippen molar-refractivity contribution in [2.24, 2.45) is 0 Å². The maximum absolute atomic E-state index is 10.6. The topological polar surface area (TPSA) is 35.5 Å². The number of hydrogen-bond acceptors (Lipinski definition) is 3. The van der Waals surface area contributed by atoms with Gasteiger partial charge in [-0.05, 0) is 49.4 Å². The van der Waals surface area contributed by atoms with Crippen LogP contribution in [0.5, 0.6) is 0 Å². The predicted octanol–water partition coefficient (Wildman–Crippen LogP) is 3.44. The average molecular weight is 353 g/mol. The largest absolute Gasteiger partial charge is 0.388 e. The van der Waals surface area contributed by atoms with Crippen LogP contribution in [0.3, 0.4) is 0 Å². The van der Waals surface area contributed by atoms with Gasteiger partial charge >= 0.3 is 0 Å². The van der Waals surface area contributed by atoms with E-state index in [9.17, 15) is 5.11 Å². The van der Waals surface area contributed by atoms with E-state index in [1.807, 2.05) is 0 Å². The Morgan fingerprint density at radius 2 is 2.05 bits per heavy atom. The highest BCUT2D eigenvalue weighted by Gasteiger charge is 2.32. The van der Waals surface area contributed by atoms with Crippen LogP contribution >= 0.6 is 15.9 Å². The van der Waals surface area contributed by atoms with Gasteiger partial charge in [0, 0.05) is 36.3 Å². The van der Waals surface area contributed by atoms with Gasteiger partial charge in [-0.15, -0.1) is 0 Å². The van der Waals surface area contributed by atoms with Gasteiger partial charge in [-0.25, -0.2) is 0 Å². The summed E-state index contributed by atoms with van der Waals surface area (Å²) in [5, 5.41) is 14.2. The van der Waals surface area contributed by atoms with Crippen molar-refractivity contribution >= 4 is 21.6 Å². The van der Waals surface area contributed by atoms with Gasteiger partial charge in [0.25, 0.3) is 0 Å². The summed E-state index contributed by atoms with van der Waals surface area (Å²) in [6.45, 7) is 1.63. The van der Waals surface area contributed by atoms with Gasteiger partial charge in [0.2, 0.25) is 0 Å². The van der Waals surface area contributed by atoms with E-state index in [4.69, 9.17) is 0 Å². The molecule has 21 heavy (non-hydrogen) atoms. The standard InChI is InChI=1S/C17H25BrN2O/c1-20(12-17(21)8-2-3-9-17)16-7-4-14(18)10-13(16)11-19-15-5-6-15/h4,7,10,15,19,21H,2-3,5-6,8-9,11-12H2,1H3. The zero-order valence-corrected chi connectivity index (χ0v) is 14.3. The molecule has 2 fully saturated rings. The van der Waals surface area contributed by atoms with E-state index in [-0.39, 0.29) is 0 Å². The molecule has 2 aliphatic rings. The molecule has 0 amide bonds. The van der Waals surface area contributed by atoms with Crippen LogP contribution in [0, 0.1) is 0 Å². The number of nitrogens with zero attached hydrogens (tertiary/aromatic N) is 1. The number of nitrogens with one attached hydrogen (secondary N) is 1. The molecule has 1 aromatic rings. The van der Waals surface area contributed by atoms with Crippen molar-refractivity contribution in [2.45, 2.75) is 56.7 Å². The van der Waals surface area contributed by atoms with Crippen LogP contribution in [0.25, 0.3) is 0 Å². The molecule has 2 saturated carbocycles. The fourth-order valence-electron chi connectivity index (χ4n) is 3.33. The first-order valence-corrected chi connectivity index (χ1v) is 8.80. The van der Waals surface area contributed by atoms with E-state index in [2.05, 4.69) is 51.4 Å². The van der Waals surface area contributed by atoms with Crippen LogP contribution in [0.15, 0.2) is 22.7 Å². The summed E-state index contributed by atoms with van der Waals surface area (Å²) in [6.07, 6.45) is 6.78. The molecular formula is C17H25BrN2O. The van der Waals surface area contributed by atoms with Crippen LogP contribution in [-0.2, 0) is 6.54 Å². The molecule has 0 saturated heterocycles. The summed E-state index contributed by atoms with van der Waals surface area (Å²) in [6, 6.07) is 7.15. The molecule has 1 aromatic carbocycles. The van der Waals surface area contributed by atoms with Crippen molar-refractivity contribution in [3.05, 3.63) is 28.2 Å². The Labute approximate surface area is 135 Å². The average Bonchev–Trinajstić information content (AvgIpc) is 3.18. The lowest BCUT2D eigenvalue weighted by atomic mass is 10.0. The first-order chi connectivity index (χ1) is 10.1. The van der Waals surface area contributed by atoms with Gasteiger partial charge in [-0.2, -0.15) is 0 Å². The molecule has 3 nitrogen and oxygen atoms in total. The van der Waals surface area contributed by atoms with E-state index in [0.717, 1.165) is 43.2 Å². The second kappa shape index (κ2) is 6.27. The molecule has 0 aromatic heterocycles. The fraction of sp³-hybridized carbons (Fsp3) is 0.647. The second-order valence-corrected chi connectivity index (χ2v) is 7.63. The first kappa shape index (κ1) is 15.3. The second-order valence-electron chi connectivity index (χ2n) is 6.72. The summed E-state index contributed by atoms with van der Waals surface area (Å²) in [4.78, 5) is 2.22. The summed E-state index contributed by atoms with van der Waals surface area (Å²) in [5.74, 6) is 0. The molecule has 116 valence electrons. The number of hydrogen-bond donors (Lipinski definition) is 2. The zero-order valence-electron chi connectivity index (χ0n) is 12.7. The number of likely N-dealkylation sites (N-methyl/N-ethyl adjacent to an activating group) is 1. The van der Waals surface area contributed by atoms with Gasteiger partial charge in [-0.3, -0.25) is 0 Å². The van der Waals surface area contributed by atoms with E-state index < -0.39 is 5.60 Å². The highest BCUT2D eigenvalue weighted by atomic mass is 79.9. The quantitative estimate of drug-likeness (QED) is 0.822. The first-order valence-electron chi connectivity index (χ1n) is 8.01. The molecule has 2 N–H and O–H groups in total. The Hall–Kier alpha value is -0.580. The minimum absolute atomic E-state index is 0.497. The normalized spacial score (nSPS) is 20.7. The predicted molar refractivity (Wildman–Crippen MR) is 90.7 cm³/mol. The van der Waals surface area contributed by atoms with Crippen LogP contribution in [0.2, 0.25) is 0 Å². The number of rotatable bonds is 6. The molecule has 4 heteroatoms. The maximum atomic E-state index is 10.6. The lowest BCUT2D eigenvalue weighted by Gasteiger charge is -2.31.